The van der Waals surface area contributed by atoms with Gasteiger partial charge in [0.05, 0.1) is 17.7 Å². The van der Waals surface area contributed by atoms with Crippen molar-refractivity contribution in [2.75, 3.05) is 18.5 Å². The number of hydrogen-bond acceptors (Lipinski definition) is 4. The van der Waals surface area contributed by atoms with Crippen LogP contribution in [0.4, 0.5) is 5.69 Å². The number of likely N-dealkylation sites (tertiary alicyclic amines) is 1. The van der Waals surface area contributed by atoms with E-state index in [0.29, 0.717) is 24.1 Å². The molecule has 5 nitrogen and oxygen atoms in total. The molecule has 0 aromatic heterocycles. The second-order valence-electron chi connectivity index (χ2n) is 7.34. The monoisotopic (exact) mass is 361 g/mol. The first-order valence-electron chi connectivity index (χ1n) is 9.41. The molecule has 2 aromatic carbocycles. The summed E-state index contributed by atoms with van der Waals surface area (Å²) >= 11 is 0. The third kappa shape index (κ3) is 3.67. The highest BCUT2D eigenvalue weighted by Crippen LogP contribution is 2.42. The maximum atomic E-state index is 11.2. The number of carbonyl (C=O) groups is 1. The quantitative estimate of drug-likeness (QED) is 0.906. The summed E-state index contributed by atoms with van der Waals surface area (Å²) in [5, 5.41) is 12.0. The number of nitriles is 1. The van der Waals surface area contributed by atoms with Gasteiger partial charge in [-0.3, -0.25) is 9.69 Å². The van der Waals surface area contributed by atoms with Crippen LogP contribution in [0.15, 0.2) is 42.5 Å². The number of carbonyl (C=O) groups excluding carboxylic acids is 1. The van der Waals surface area contributed by atoms with Crippen LogP contribution in [0.25, 0.3) is 0 Å². The van der Waals surface area contributed by atoms with E-state index in [9.17, 15) is 10.1 Å². The zero-order valence-electron chi connectivity index (χ0n) is 15.4. The lowest BCUT2D eigenvalue weighted by molar-refractivity contribution is -0.114. The largest absolute Gasteiger partial charge is 0.492 e. The van der Waals surface area contributed by atoms with E-state index in [1.54, 1.807) is 0 Å². The van der Waals surface area contributed by atoms with Gasteiger partial charge in [-0.2, -0.15) is 5.26 Å². The molecule has 0 radical (unpaired) electrons. The molecule has 27 heavy (non-hydrogen) atoms. The predicted molar refractivity (Wildman–Crippen MR) is 104 cm³/mol. The number of amides is 1. The van der Waals surface area contributed by atoms with Gasteiger partial charge in [-0.25, -0.2) is 0 Å². The summed E-state index contributed by atoms with van der Waals surface area (Å²) in [7, 11) is 0. The number of ether oxygens (including phenoxy) is 1. The van der Waals surface area contributed by atoms with Crippen LogP contribution < -0.4 is 10.1 Å². The molecule has 4 rings (SSSR count). The molecule has 0 bridgehead atoms. The van der Waals surface area contributed by atoms with Crippen LogP contribution in [0.2, 0.25) is 0 Å². The highest BCUT2D eigenvalue weighted by atomic mass is 16.5. The highest BCUT2D eigenvalue weighted by Gasteiger charge is 2.37. The van der Waals surface area contributed by atoms with E-state index in [2.05, 4.69) is 28.4 Å². The maximum Gasteiger partial charge on any atom is 0.221 e. The van der Waals surface area contributed by atoms with Crippen molar-refractivity contribution >= 4 is 11.6 Å². The molecular formula is C22H23N3O2. The topological polar surface area (TPSA) is 65.4 Å². The van der Waals surface area contributed by atoms with Crippen LogP contribution in [-0.4, -0.2) is 30.0 Å². The van der Waals surface area contributed by atoms with Crippen molar-refractivity contribution in [3.8, 4) is 11.8 Å². The molecule has 1 fully saturated rings. The number of anilines is 1. The van der Waals surface area contributed by atoms with E-state index in [0.717, 1.165) is 37.4 Å². The third-order valence-corrected chi connectivity index (χ3v) is 5.50. The molecule has 1 amide bonds. The molecule has 5 heteroatoms. The minimum Gasteiger partial charge on any atom is -0.492 e. The first-order valence-corrected chi connectivity index (χ1v) is 9.41. The maximum absolute atomic E-state index is 11.2. The summed E-state index contributed by atoms with van der Waals surface area (Å²) in [5.41, 5.74) is 3.92. The van der Waals surface area contributed by atoms with Crippen LogP contribution in [0.1, 0.15) is 42.4 Å². The second-order valence-corrected chi connectivity index (χ2v) is 7.34. The van der Waals surface area contributed by atoms with Crippen LogP contribution in [0.5, 0.6) is 5.75 Å². The molecule has 0 spiro atoms. The minimum absolute atomic E-state index is 0.0589. The molecular weight excluding hydrogens is 338 g/mol. The van der Waals surface area contributed by atoms with Crippen molar-refractivity contribution in [2.24, 2.45) is 0 Å². The van der Waals surface area contributed by atoms with E-state index in [1.807, 2.05) is 30.3 Å². The van der Waals surface area contributed by atoms with Crippen LogP contribution in [0, 0.1) is 11.3 Å². The normalized spacial score (nSPS) is 21.3. The average molecular weight is 361 g/mol. The Labute approximate surface area is 159 Å². The number of fused-ring (bicyclic) bond motifs is 3. The number of hydrogen-bond donors (Lipinski definition) is 1. The van der Waals surface area contributed by atoms with Crippen molar-refractivity contribution in [1.29, 1.82) is 5.26 Å². The fraction of sp³-hybridized carbons (Fsp3) is 0.364. The lowest BCUT2D eigenvalue weighted by Gasteiger charge is -2.44. The van der Waals surface area contributed by atoms with Crippen LogP contribution in [0.3, 0.4) is 0 Å². The molecule has 138 valence electrons. The SMILES string of the molecule is CC(=O)Nc1ccc(CN2CCC[C@H]3c4cc(C#N)ccc4OC[C@@H]32)cc1. The molecule has 1 saturated heterocycles. The Morgan fingerprint density at radius 3 is 2.85 bits per heavy atom. The summed E-state index contributed by atoms with van der Waals surface area (Å²) < 4.78 is 6.02. The molecule has 2 aliphatic rings. The van der Waals surface area contributed by atoms with E-state index >= 15 is 0 Å². The fourth-order valence-corrected chi connectivity index (χ4v) is 4.25. The van der Waals surface area contributed by atoms with Gasteiger partial charge < -0.3 is 10.1 Å². The minimum atomic E-state index is -0.0589. The van der Waals surface area contributed by atoms with Crippen LogP contribution >= 0.6 is 0 Å². The number of rotatable bonds is 3. The van der Waals surface area contributed by atoms with Crippen LogP contribution in [-0.2, 0) is 11.3 Å². The average Bonchev–Trinajstić information content (AvgIpc) is 2.68. The third-order valence-electron chi connectivity index (χ3n) is 5.50. The van der Waals surface area contributed by atoms with Gasteiger partial charge in [0.2, 0.25) is 5.91 Å². The zero-order chi connectivity index (χ0) is 18.8. The predicted octanol–water partition coefficient (Wildman–Crippen LogP) is 3.66. The molecule has 1 N–H and O–H groups in total. The molecule has 2 aromatic rings. The number of benzene rings is 2. The van der Waals surface area contributed by atoms with Gasteiger partial charge in [-0.15, -0.1) is 0 Å². The Kier molecular flexibility index (Phi) is 4.83. The van der Waals surface area contributed by atoms with Crippen molar-refractivity contribution in [3.63, 3.8) is 0 Å². The Balaban J connectivity index is 1.52. The van der Waals surface area contributed by atoms with E-state index in [-0.39, 0.29) is 5.91 Å². The van der Waals surface area contributed by atoms with Crippen molar-refractivity contribution in [3.05, 3.63) is 59.2 Å². The van der Waals surface area contributed by atoms with Gasteiger partial charge in [0.25, 0.3) is 0 Å². The van der Waals surface area contributed by atoms with E-state index < -0.39 is 0 Å². The second kappa shape index (κ2) is 7.42. The molecule has 2 aliphatic heterocycles. The first kappa shape index (κ1) is 17.6. The van der Waals surface area contributed by atoms with Crippen molar-refractivity contribution in [2.45, 2.75) is 38.3 Å². The smallest absolute Gasteiger partial charge is 0.221 e. The Morgan fingerprint density at radius 1 is 1.30 bits per heavy atom. The summed E-state index contributed by atoms with van der Waals surface area (Å²) in [5.74, 6) is 1.28. The fourth-order valence-electron chi connectivity index (χ4n) is 4.25. The lowest BCUT2D eigenvalue weighted by Crippen LogP contribution is -2.48. The number of nitrogens with one attached hydrogen (secondary N) is 1. The highest BCUT2D eigenvalue weighted by molar-refractivity contribution is 5.88. The van der Waals surface area contributed by atoms with Gasteiger partial charge >= 0.3 is 0 Å². The summed E-state index contributed by atoms with van der Waals surface area (Å²) in [6, 6.07) is 16.4. The van der Waals surface area contributed by atoms with Gasteiger partial charge in [-0.1, -0.05) is 12.1 Å². The van der Waals surface area contributed by atoms with Gasteiger partial charge in [0.1, 0.15) is 12.4 Å². The molecule has 0 aliphatic carbocycles. The van der Waals surface area contributed by atoms with Gasteiger partial charge in [0.15, 0.2) is 0 Å². The Hall–Kier alpha value is -2.84. The molecule has 0 saturated carbocycles. The first-order chi connectivity index (χ1) is 13.1. The summed E-state index contributed by atoms with van der Waals surface area (Å²) in [6.07, 6.45) is 2.27. The Bertz CT molecular complexity index is 885. The Morgan fingerprint density at radius 2 is 2.11 bits per heavy atom. The van der Waals surface area contributed by atoms with E-state index in [1.165, 1.54) is 18.1 Å². The molecule has 2 heterocycles. The number of piperidine rings is 1. The number of nitrogens with zero attached hydrogens (tertiary/aromatic N) is 2. The molecule has 2 atom stereocenters. The van der Waals surface area contributed by atoms with Gasteiger partial charge in [0, 0.05) is 30.6 Å². The zero-order valence-corrected chi connectivity index (χ0v) is 15.4. The lowest BCUT2D eigenvalue weighted by atomic mass is 9.81. The summed E-state index contributed by atoms with van der Waals surface area (Å²) in [4.78, 5) is 13.7. The van der Waals surface area contributed by atoms with Crippen molar-refractivity contribution in [1.82, 2.24) is 4.90 Å². The van der Waals surface area contributed by atoms with Gasteiger partial charge in [-0.05, 0) is 55.3 Å². The standard InChI is InChI=1S/C22H23N3O2/c1-15(26)24-18-7-4-16(5-8-18)13-25-10-2-3-19-20-11-17(12-23)6-9-22(20)27-14-21(19)25/h4-9,11,19,21H,2-3,10,13-14H2,1H3,(H,24,26)/t19-,21-/m0/s1. The molecule has 0 unspecified atom stereocenters. The summed E-state index contributed by atoms with van der Waals surface area (Å²) in [6.45, 7) is 4.11. The van der Waals surface area contributed by atoms with E-state index in [4.69, 9.17) is 4.74 Å². The van der Waals surface area contributed by atoms with Crippen molar-refractivity contribution < 1.29 is 9.53 Å².